The third kappa shape index (κ3) is 2.88. The Balaban J connectivity index is 2.49. The molecule has 1 atom stereocenters. The summed E-state index contributed by atoms with van der Waals surface area (Å²) >= 11 is 0. The van der Waals surface area contributed by atoms with Crippen LogP contribution in [-0.2, 0) is 0 Å². The van der Waals surface area contributed by atoms with Crippen LogP contribution in [0.1, 0.15) is 29.8 Å². The maximum atomic E-state index is 5.30. The van der Waals surface area contributed by atoms with Gasteiger partial charge in [0.1, 0.15) is 5.69 Å². The molecule has 1 unspecified atom stereocenters. The molecule has 19 heavy (non-hydrogen) atoms. The van der Waals surface area contributed by atoms with Gasteiger partial charge in [0.25, 0.3) is 0 Å². The van der Waals surface area contributed by atoms with Crippen LogP contribution in [0, 0.1) is 6.92 Å². The molecular formula is C14H18N4O. The number of hydrogen-bond donors (Lipinski definition) is 1. The van der Waals surface area contributed by atoms with Gasteiger partial charge in [-0.25, -0.2) is 4.98 Å². The van der Waals surface area contributed by atoms with Crippen LogP contribution >= 0.6 is 0 Å². The second-order valence-corrected chi connectivity index (χ2v) is 4.17. The van der Waals surface area contributed by atoms with E-state index in [0.717, 1.165) is 23.4 Å². The van der Waals surface area contributed by atoms with Crippen molar-refractivity contribution in [1.82, 2.24) is 20.3 Å². The lowest BCUT2D eigenvalue weighted by molar-refractivity contribution is 0.383. The molecule has 0 aliphatic rings. The van der Waals surface area contributed by atoms with Gasteiger partial charge >= 0.3 is 0 Å². The van der Waals surface area contributed by atoms with Crippen molar-refractivity contribution in [3.8, 4) is 5.88 Å². The van der Waals surface area contributed by atoms with Gasteiger partial charge in [0.05, 0.1) is 13.2 Å². The minimum atomic E-state index is -0.0673. The van der Waals surface area contributed by atoms with Gasteiger partial charge in [0.15, 0.2) is 0 Å². The molecule has 0 aliphatic carbocycles. The summed E-state index contributed by atoms with van der Waals surface area (Å²) < 4.78 is 5.30. The first-order chi connectivity index (χ1) is 9.27. The van der Waals surface area contributed by atoms with E-state index in [1.165, 1.54) is 0 Å². The highest BCUT2D eigenvalue weighted by atomic mass is 16.5. The standard InChI is InChI=1S/C14H18N4O/c1-4-16-12(11-9-15-6-5-10(11)2)13-14(19-3)18-8-7-17-13/h5-9,12,16H,4H2,1-3H3. The Morgan fingerprint density at radius 3 is 2.74 bits per heavy atom. The van der Waals surface area contributed by atoms with Gasteiger partial charge in [0.2, 0.25) is 5.88 Å². The van der Waals surface area contributed by atoms with E-state index in [1.54, 1.807) is 25.7 Å². The Hall–Kier alpha value is -2.01. The van der Waals surface area contributed by atoms with E-state index in [-0.39, 0.29) is 6.04 Å². The molecule has 0 amide bonds. The van der Waals surface area contributed by atoms with E-state index in [1.807, 2.05) is 12.3 Å². The highest BCUT2D eigenvalue weighted by Gasteiger charge is 2.21. The van der Waals surface area contributed by atoms with E-state index >= 15 is 0 Å². The summed E-state index contributed by atoms with van der Waals surface area (Å²) in [4.78, 5) is 12.8. The van der Waals surface area contributed by atoms with Crippen molar-refractivity contribution in [2.45, 2.75) is 19.9 Å². The number of aryl methyl sites for hydroxylation is 1. The van der Waals surface area contributed by atoms with Gasteiger partial charge in [0, 0.05) is 24.8 Å². The summed E-state index contributed by atoms with van der Waals surface area (Å²) in [5, 5.41) is 3.41. The van der Waals surface area contributed by atoms with Crippen LogP contribution in [0.2, 0.25) is 0 Å². The minimum Gasteiger partial charge on any atom is -0.480 e. The molecular weight excluding hydrogens is 240 g/mol. The molecule has 5 heteroatoms. The Morgan fingerprint density at radius 2 is 2.05 bits per heavy atom. The largest absolute Gasteiger partial charge is 0.480 e. The van der Waals surface area contributed by atoms with Gasteiger partial charge in [-0.1, -0.05) is 6.92 Å². The molecule has 0 fully saturated rings. The molecule has 2 heterocycles. The Bertz CT molecular complexity index is 544. The number of nitrogens with zero attached hydrogens (tertiary/aromatic N) is 3. The number of pyridine rings is 1. The van der Waals surface area contributed by atoms with Crippen LogP contribution in [0.5, 0.6) is 5.88 Å². The van der Waals surface area contributed by atoms with Crippen molar-refractivity contribution in [1.29, 1.82) is 0 Å². The third-order valence-electron chi connectivity index (χ3n) is 2.96. The molecule has 0 saturated carbocycles. The maximum Gasteiger partial charge on any atom is 0.237 e. The minimum absolute atomic E-state index is 0.0673. The van der Waals surface area contributed by atoms with Crippen molar-refractivity contribution in [3.63, 3.8) is 0 Å². The zero-order chi connectivity index (χ0) is 13.7. The lowest BCUT2D eigenvalue weighted by Gasteiger charge is -2.20. The molecule has 0 bridgehead atoms. The predicted octanol–water partition coefficient (Wildman–Crippen LogP) is 1.89. The highest BCUT2D eigenvalue weighted by Crippen LogP contribution is 2.27. The number of ether oxygens (including phenoxy) is 1. The topological polar surface area (TPSA) is 59.9 Å². The zero-order valence-corrected chi connectivity index (χ0v) is 11.4. The fourth-order valence-corrected chi connectivity index (χ4v) is 2.03. The molecule has 2 aromatic rings. The monoisotopic (exact) mass is 258 g/mol. The number of nitrogens with one attached hydrogen (secondary N) is 1. The Labute approximate surface area is 113 Å². The van der Waals surface area contributed by atoms with Crippen molar-refractivity contribution in [2.75, 3.05) is 13.7 Å². The quantitative estimate of drug-likeness (QED) is 0.887. The van der Waals surface area contributed by atoms with E-state index in [4.69, 9.17) is 4.74 Å². The SMILES string of the molecule is CCNC(c1cnccc1C)c1nccnc1OC. The van der Waals surface area contributed by atoms with Gasteiger partial charge in [-0.3, -0.25) is 9.97 Å². The van der Waals surface area contributed by atoms with E-state index in [9.17, 15) is 0 Å². The zero-order valence-electron chi connectivity index (χ0n) is 11.4. The first-order valence-corrected chi connectivity index (χ1v) is 6.26. The van der Waals surface area contributed by atoms with Crippen LogP contribution in [0.3, 0.4) is 0 Å². The fourth-order valence-electron chi connectivity index (χ4n) is 2.03. The first-order valence-electron chi connectivity index (χ1n) is 6.26. The number of hydrogen-bond acceptors (Lipinski definition) is 5. The summed E-state index contributed by atoms with van der Waals surface area (Å²) in [5.74, 6) is 0.539. The summed E-state index contributed by atoms with van der Waals surface area (Å²) in [6, 6.07) is 1.92. The van der Waals surface area contributed by atoms with E-state index in [0.29, 0.717) is 5.88 Å². The maximum absolute atomic E-state index is 5.30. The molecule has 0 spiro atoms. The normalized spacial score (nSPS) is 12.2. The van der Waals surface area contributed by atoms with Gasteiger partial charge in [-0.2, -0.15) is 0 Å². The molecule has 2 aromatic heterocycles. The average molecular weight is 258 g/mol. The predicted molar refractivity (Wildman–Crippen MR) is 73.1 cm³/mol. The summed E-state index contributed by atoms with van der Waals surface area (Å²) in [5.41, 5.74) is 3.03. The smallest absolute Gasteiger partial charge is 0.237 e. The first kappa shape index (κ1) is 13.4. The van der Waals surface area contributed by atoms with E-state index < -0.39 is 0 Å². The third-order valence-corrected chi connectivity index (χ3v) is 2.96. The fraction of sp³-hybridized carbons (Fsp3) is 0.357. The van der Waals surface area contributed by atoms with Gasteiger partial charge < -0.3 is 10.1 Å². The molecule has 100 valence electrons. The van der Waals surface area contributed by atoms with Crippen LogP contribution in [-0.4, -0.2) is 28.6 Å². The molecule has 0 aliphatic heterocycles. The van der Waals surface area contributed by atoms with Crippen LogP contribution in [0.4, 0.5) is 0 Å². The summed E-state index contributed by atoms with van der Waals surface area (Å²) in [6.07, 6.45) is 6.95. The van der Waals surface area contributed by atoms with Crippen LogP contribution in [0.15, 0.2) is 30.9 Å². The van der Waals surface area contributed by atoms with Crippen molar-refractivity contribution >= 4 is 0 Å². The van der Waals surface area contributed by atoms with Gasteiger partial charge in [-0.05, 0) is 30.7 Å². The van der Waals surface area contributed by atoms with E-state index in [2.05, 4.69) is 34.1 Å². The van der Waals surface area contributed by atoms with Crippen molar-refractivity contribution < 1.29 is 4.74 Å². The second kappa shape index (κ2) is 6.24. The van der Waals surface area contributed by atoms with Crippen molar-refractivity contribution in [3.05, 3.63) is 47.7 Å². The average Bonchev–Trinajstić information content (AvgIpc) is 2.46. The van der Waals surface area contributed by atoms with Crippen LogP contribution in [0.25, 0.3) is 0 Å². The summed E-state index contributed by atoms with van der Waals surface area (Å²) in [6.45, 7) is 4.93. The number of rotatable bonds is 5. The molecule has 0 aromatic carbocycles. The van der Waals surface area contributed by atoms with Gasteiger partial charge in [-0.15, -0.1) is 0 Å². The Kier molecular flexibility index (Phi) is 4.41. The number of methoxy groups -OCH3 is 1. The molecule has 1 N–H and O–H groups in total. The lowest BCUT2D eigenvalue weighted by Crippen LogP contribution is -2.24. The summed E-state index contributed by atoms with van der Waals surface area (Å²) in [7, 11) is 1.60. The Morgan fingerprint density at radius 1 is 1.26 bits per heavy atom. The molecule has 5 nitrogen and oxygen atoms in total. The molecule has 0 radical (unpaired) electrons. The molecule has 2 rings (SSSR count). The lowest BCUT2D eigenvalue weighted by atomic mass is 10.0. The highest BCUT2D eigenvalue weighted by molar-refractivity contribution is 5.35. The van der Waals surface area contributed by atoms with Crippen molar-refractivity contribution in [2.24, 2.45) is 0 Å². The second-order valence-electron chi connectivity index (χ2n) is 4.17. The van der Waals surface area contributed by atoms with Crippen LogP contribution < -0.4 is 10.1 Å². The number of aromatic nitrogens is 3. The molecule has 0 saturated heterocycles.